The molecule has 0 spiro atoms. The van der Waals surface area contributed by atoms with Crippen molar-refractivity contribution in [1.29, 1.82) is 0 Å². The van der Waals surface area contributed by atoms with Gasteiger partial charge in [-0.05, 0) is 72.2 Å². The van der Waals surface area contributed by atoms with E-state index in [-0.39, 0.29) is 35.7 Å². The molecule has 1 unspecified atom stereocenters. The van der Waals surface area contributed by atoms with E-state index in [4.69, 9.17) is 9.47 Å². The minimum Gasteiger partial charge on any atom is -0.458 e. The summed E-state index contributed by atoms with van der Waals surface area (Å²) < 4.78 is 11.3. The smallest absolute Gasteiger partial charge is 0.331 e. The summed E-state index contributed by atoms with van der Waals surface area (Å²) in [6, 6.07) is 12.8. The van der Waals surface area contributed by atoms with Crippen molar-refractivity contribution in [1.82, 2.24) is 10.2 Å². The number of fused-ring (bicyclic) bond motifs is 1. The van der Waals surface area contributed by atoms with Gasteiger partial charge in [-0.2, -0.15) is 0 Å². The molecule has 0 aromatic heterocycles. The second-order valence-corrected chi connectivity index (χ2v) is 12.5. The standard InChI is InChI=1S/C30H36N2O7S/c1-29(2,3)38-18-22(28(37)39-30(4,5)6)31-25(34)23(16-17-24(33)40-19-12-8-7-9-13-19)32-26(35)20-14-10-11-15-21(20)27(32)36/h7-15,22-23H,16-18H2,1-6H3,(H,31,34)/t22-,23?/m0/s1. The molecule has 0 bridgehead atoms. The lowest BCUT2D eigenvalue weighted by Crippen LogP contribution is -2.55. The molecule has 1 heterocycles. The highest BCUT2D eigenvalue weighted by Crippen LogP contribution is 2.28. The fourth-order valence-corrected chi connectivity index (χ4v) is 4.71. The highest BCUT2D eigenvalue weighted by molar-refractivity contribution is 8.13. The van der Waals surface area contributed by atoms with Crippen LogP contribution < -0.4 is 5.32 Å². The van der Waals surface area contributed by atoms with E-state index in [1.807, 2.05) is 6.07 Å². The largest absolute Gasteiger partial charge is 0.458 e. The molecule has 10 heteroatoms. The van der Waals surface area contributed by atoms with E-state index in [9.17, 15) is 24.0 Å². The zero-order chi connectivity index (χ0) is 29.7. The zero-order valence-corrected chi connectivity index (χ0v) is 24.5. The number of amides is 3. The number of esters is 1. The Morgan fingerprint density at radius 1 is 0.850 bits per heavy atom. The third kappa shape index (κ3) is 8.50. The van der Waals surface area contributed by atoms with Crippen molar-refractivity contribution in [3.05, 3.63) is 65.7 Å². The van der Waals surface area contributed by atoms with Gasteiger partial charge in [0.2, 0.25) is 5.91 Å². The van der Waals surface area contributed by atoms with Crippen LogP contribution in [-0.4, -0.2) is 63.6 Å². The van der Waals surface area contributed by atoms with E-state index in [2.05, 4.69) is 5.32 Å². The maximum atomic E-state index is 13.7. The van der Waals surface area contributed by atoms with Gasteiger partial charge in [0.15, 0.2) is 11.2 Å². The van der Waals surface area contributed by atoms with Crippen LogP contribution in [0, 0.1) is 0 Å². The maximum absolute atomic E-state index is 13.7. The summed E-state index contributed by atoms with van der Waals surface area (Å²) >= 11 is 1.01. The van der Waals surface area contributed by atoms with Gasteiger partial charge in [-0.15, -0.1) is 0 Å². The lowest BCUT2D eigenvalue weighted by Gasteiger charge is -2.30. The first-order chi connectivity index (χ1) is 18.7. The van der Waals surface area contributed by atoms with Crippen molar-refractivity contribution < 1.29 is 33.4 Å². The average Bonchev–Trinajstić information content (AvgIpc) is 3.11. The minimum atomic E-state index is -1.34. The first-order valence-corrected chi connectivity index (χ1v) is 13.9. The number of hydrogen-bond acceptors (Lipinski definition) is 8. The molecule has 1 aliphatic heterocycles. The summed E-state index contributed by atoms with van der Waals surface area (Å²) in [4.78, 5) is 67.7. The lowest BCUT2D eigenvalue weighted by atomic mass is 10.1. The quantitative estimate of drug-likeness (QED) is 0.255. The first kappa shape index (κ1) is 31.0. The van der Waals surface area contributed by atoms with Gasteiger partial charge in [0.05, 0.1) is 23.3 Å². The van der Waals surface area contributed by atoms with Crippen LogP contribution >= 0.6 is 11.8 Å². The Kier molecular flexibility index (Phi) is 9.92. The second kappa shape index (κ2) is 12.8. The van der Waals surface area contributed by atoms with E-state index in [0.29, 0.717) is 0 Å². The Morgan fingerprint density at radius 2 is 1.40 bits per heavy atom. The van der Waals surface area contributed by atoms with Crippen molar-refractivity contribution in [3.8, 4) is 0 Å². The van der Waals surface area contributed by atoms with Crippen LogP contribution in [0.1, 0.15) is 75.1 Å². The van der Waals surface area contributed by atoms with Gasteiger partial charge in [0.25, 0.3) is 11.8 Å². The number of carbonyl (C=O) groups is 5. The SMILES string of the molecule is CC(C)(C)OC[C@H](NC(=O)C(CCC(=O)Sc1ccccc1)N1C(=O)c2ccccc2C1=O)C(=O)OC(C)(C)C. The molecule has 1 N–H and O–H groups in total. The van der Waals surface area contributed by atoms with Crippen molar-refractivity contribution >= 4 is 40.6 Å². The Morgan fingerprint density at radius 3 is 1.93 bits per heavy atom. The predicted octanol–water partition coefficient (Wildman–Crippen LogP) is 4.39. The molecule has 0 saturated carbocycles. The number of rotatable bonds is 10. The molecule has 214 valence electrons. The summed E-state index contributed by atoms with van der Waals surface area (Å²) in [7, 11) is 0. The third-order valence-corrected chi connectivity index (χ3v) is 6.67. The molecule has 0 aliphatic carbocycles. The summed E-state index contributed by atoms with van der Waals surface area (Å²) in [6.45, 7) is 10.3. The van der Waals surface area contributed by atoms with Gasteiger partial charge in [-0.25, -0.2) is 4.79 Å². The van der Waals surface area contributed by atoms with Crippen LogP contribution in [0.5, 0.6) is 0 Å². The first-order valence-electron chi connectivity index (χ1n) is 13.1. The molecule has 0 saturated heterocycles. The normalized spacial score (nSPS) is 14.9. The number of imide groups is 1. The average molecular weight is 569 g/mol. The van der Waals surface area contributed by atoms with E-state index in [0.717, 1.165) is 21.6 Å². The van der Waals surface area contributed by atoms with Crippen LogP contribution in [0.15, 0.2) is 59.5 Å². The van der Waals surface area contributed by atoms with E-state index in [1.165, 1.54) is 12.1 Å². The molecular weight excluding hydrogens is 532 g/mol. The van der Waals surface area contributed by atoms with Gasteiger partial charge in [-0.1, -0.05) is 42.1 Å². The Balaban J connectivity index is 1.86. The highest BCUT2D eigenvalue weighted by Gasteiger charge is 2.43. The van der Waals surface area contributed by atoms with Crippen molar-refractivity contribution in [2.45, 2.75) is 82.6 Å². The van der Waals surface area contributed by atoms with E-state index in [1.54, 1.807) is 77.9 Å². The van der Waals surface area contributed by atoms with Crippen LogP contribution in [-0.2, 0) is 23.9 Å². The zero-order valence-electron chi connectivity index (χ0n) is 23.7. The van der Waals surface area contributed by atoms with Crippen LogP contribution in [0.3, 0.4) is 0 Å². The number of ether oxygens (including phenoxy) is 2. The Hall–Kier alpha value is -3.50. The summed E-state index contributed by atoms with van der Waals surface area (Å²) in [5.41, 5.74) is -1.09. The third-order valence-electron chi connectivity index (χ3n) is 5.73. The van der Waals surface area contributed by atoms with Crippen LogP contribution in [0.25, 0.3) is 0 Å². The van der Waals surface area contributed by atoms with E-state index >= 15 is 0 Å². The van der Waals surface area contributed by atoms with Crippen LogP contribution in [0.2, 0.25) is 0 Å². The number of thioether (sulfide) groups is 1. The fraction of sp³-hybridized carbons (Fsp3) is 0.433. The molecule has 2 aromatic rings. The molecule has 3 rings (SSSR count). The topological polar surface area (TPSA) is 119 Å². The molecule has 0 radical (unpaired) electrons. The van der Waals surface area contributed by atoms with Gasteiger partial charge >= 0.3 is 5.97 Å². The molecule has 1 aliphatic rings. The number of nitrogens with one attached hydrogen (secondary N) is 1. The van der Waals surface area contributed by atoms with E-state index < -0.39 is 47.0 Å². The fourth-order valence-electron chi connectivity index (χ4n) is 3.94. The molecular formula is C30H36N2O7S. The molecule has 2 aromatic carbocycles. The van der Waals surface area contributed by atoms with Gasteiger partial charge in [0, 0.05) is 11.3 Å². The molecule has 0 fully saturated rings. The summed E-state index contributed by atoms with van der Waals surface area (Å²) in [5, 5.41) is 2.39. The van der Waals surface area contributed by atoms with Crippen molar-refractivity contribution in [3.63, 3.8) is 0 Å². The number of carbonyl (C=O) groups excluding carboxylic acids is 5. The predicted molar refractivity (Wildman–Crippen MR) is 151 cm³/mol. The number of benzene rings is 2. The van der Waals surface area contributed by atoms with Gasteiger partial charge in [0.1, 0.15) is 11.6 Å². The molecule has 2 atom stereocenters. The molecule has 3 amide bonds. The highest BCUT2D eigenvalue weighted by atomic mass is 32.2. The molecule has 9 nitrogen and oxygen atoms in total. The molecule has 40 heavy (non-hydrogen) atoms. The second-order valence-electron chi connectivity index (χ2n) is 11.4. The Bertz CT molecular complexity index is 1230. The lowest BCUT2D eigenvalue weighted by molar-refractivity contribution is -0.162. The van der Waals surface area contributed by atoms with Gasteiger partial charge < -0.3 is 14.8 Å². The monoisotopic (exact) mass is 568 g/mol. The Labute approximate surface area is 239 Å². The maximum Gasteiger partial charge on any atom is 0.331 e. The summed E-state index contributed by atoms with van der Waals surface area (Å²) in [6.07, 6.45) is -0.224. The number of hydrogen-bond donors (Lipinski definition) is 1. The van der Waals surface area contributed by atoms with Gasteiger partial charge in [-0.3, -0.25) is 24.1 Å². The minimum absolute atomic E-state index is 0.0966. The van der Waals surface area contributed by atoms with Crippen LogP contribution in [0.4, 0.5) is 0 Å². The van der Waals surface area contributed by atoms with Crippen molar-refractivity contribution in [2.75, 3.05) is 6.61 Å². The summed E-state index contributed by atoms with van der Waals surface area (Å²) in [5.74, 6) is -2.75. The number of nitrogens with zero attached hydrogens (tertiary/aromatic N) is 1. The van der Waals surface area contributed by atoms with Crippen molar-refractivity contribution in [2.24, 2.45) is 0 Å².